The minimum Gasteiger partial charge on any atom is -0.481 e. The Morgan fingerprint density at radius 3 is 1.69 bits per heavy atom. The first-order chi connectivity index (χ1) is 12.8. The minimum atomic E-state index is -1.86. The van der Waals surface area contributed by atoms with E-state index < -0.39 is 46.0 Å². The Morgan fingerprint density at radius 2 is 1.41 bits per heavy atom. The summed E-state index contributed by atoms with van der Waals surface area (Å²) in [7, 11) is 0. The topological polar surface area (TPSA) is 124 Å². The first-order valence-corrected chi connectivity index (χ1v) is 9.91. The third kappa shape index (κ3) is 6.87. The molecule has 0 aromatic heterocycles. The summed E-state index contributed by atoms with van der Waals surface area (Å²) in [5.41, 5.74) is -4.69. The van der Waals surface area contributed by atoms with Gasteiger partial charge in [0.1, 0.15) is 11.1 Å². The number of aliphatic hydroxyl groups excluding tert-OH is 1. The van der Waals surface area contributed by atoms with E-state index in [-0.39, 0.29) is 25.9 Å². The zero-order chi connectivity index (χ0) is 23.4. The Labute approximate surface area is 174 Å². The molecule has 0 fully saturated rings. The van der Waals surface area contributed by atoms with Gasteiger partial charge in [-0.05, 0) is 66.2 Å². The standard InChI is InChI=1S/C21H39NO7/c1-18(2,3)21(16(26)27,13-14(15(24)25)11-10-12-23)22(19(4,5)6)17(28)29-20(7,8)9/h14,23H,10-13H2,1-9H3,(H,24,25)(H,26,27)/t14-,21+/m0/s1. The van der Waals surface area contributed by atoms with E-state index in [0.717, 1.165) is 0 Å². The van der Waals surface area contributed by atoms with Crippen molar-refractivity contribution in [3.8, 4) is 0 Å². The highest BCUT2D eigenvalue weighted by molar-refractivity contribution is 5.87. The Morgan fingerprint density at radius 1 is 0.931 bits per heavy atom. The van der Waals surface area contributed by atoms with Gasteiger partial charge >= 0.3 is 18.0 Å². The number of ether oxygens (including phenoxy) is 1. The number of nitrogens with zero attached hydrogens (tertiary/aromatic N) is 1. The summed E-state index contributed by atoms with van der Waals surface area (Å²) in [4.78, 5) is 39.1. The summed E-state index contributed by atoms with van der Waals surface area (Å²) in [5, 5.41) is 29.2. The molecule has 0 aliphatic carbocycles. The van der Waals surface area contributed by atoms with Crippen LogP contribution in [0.3, 0.4) is 0 Å². The number of carbonyl (C=O) groups is 3. The summed E-state index contributed by atoms with van der Waals surface area (Å²) in [6, 6.07) is 0. The van der Waals surface area contributed by atoms with Gasteiger partial charge in [-0.15, -0.1) is 0 Å². The third-order valence-corrected chi connectivity index (χ3v) is 4.82. The van der Waals surface area contributed by atoms with Crippen molar-refractivity contribution in [1.82, 2.24) is 4.90 Å². The van der Waals surface area contributed by atoms with E-state index in [1.807, 2.05) is 0 Å². The second-order valence-corrected chi connectivity index (χ2v) is 10.5. The molecule has 0 rings (SSSR count). The van der Waals surface area contributed by atoms with E-state index in [4.69, 9.17) is 9.84 Å². The molecule has 1 amide bonds. The zero-order valence-electron chi connectivity index (χ0n) is 19.3. The van der Waals surface area contributed by atoms with Crippen LogP contribution in [0.5, 0.6) is 0 Å². The lowest BCUT2D eigenvalue weighted by Gasteiger charge is -2.54. The predicted octanol–water partition coefficient (Wildman–Crippen LogP) is 3.75. The molecule has 29 heavy (non-hydrogen) atoms. The van der Waals surface area contributed by atoms with Crippen molar-refractivity contribution < 1.29 is 34.4 Å². The van der Waals surface area contributed by atoms with Gasteiger partial charge in [-0.25, -0.2) is 9.59 Å². The number of rotatable bonds is 8. The average molecular weight is 418 g/mol. The van der Waals surface area contributed by atoms with E-state index in [0.29, 0.717) is 0 Å². The number of amides is 1. The fourth-order valence-electron chi connectivity index (χ4n) is 3.55. The van der Waals surface area contributed by atoms with Crippen molar-refractivity contribution in [2.75, 3.05) is 6.61 Å². The predicted molar refractivity (Wildman–Crippen MR) is 110 cm³/mol. The van der Waals surface area contributed by atoms with Gasteiger partial charge in [0, 0.05) is 12.1 Å². The SMILES string of the molecule is CC(C)(C)OC(=O)N(C(C)(C)C)[C@](C[C@H](CCCO)C(=O)O)(C(=O)O)C(C)(C)C. The van der Waals surface area contributed by atoms with Crippen molar-refractivity contribution in [3.05, 3.63) is 0 Å². The van der Waals surface area contributed by atoms with Gasteiger partial charge < -0.3 is 20.1 Å². The Bertz CT molecular complexity index is 596. The summed E-state index contributed by atoms with van der Waals surface area (Å²) in [6.45, 7) is 15.0. The van der Waals surface area contributed by atoms with Crippen LogP contribution < -0.4 is 0 Å². The number of hydrogen-bond acceptors (Lipinski definition) is 5. The highest BCUT2D eigenvalue weighted by atomic mass is 16.6. The van der Waals surface area contributed by atoms with E-state index in [1.54, 1.807) is 62.3 Å². The highest BCUT2D eigenvalue weighted by Crippen LogP contribution is 2.45. The summed E-state index contributed by atoms with van der Waals surface area (Å²) in [6.07, 6.45) is -0.798. The maximum absolute atomic E-state index is 13.2. The van der Waals surface area contributed by atoms with Crippen LogP contribution >= 0.6 is 0 Å². The Kier molecular flexibility index (Phi) is 8.73. The minimum absolute atomic E-state index is 0.100. The van der Waals surface area contributed by atoms with E-state index in [9.17, 15) is 24.6 Å². The van der Waals surface area contributed by atoms with Crippen LogP contribution in [0.2, 0.25) is 0 Å². The number of carboxylic acid groups (broad SMARTS) is 2. The van der Waals surface area contributed by atoms with Crippen LogP contribution in [0.1, 0.15) is 81.6 Å². The molecule has 3 N–H and O–H groups in total. The molecule has 0 bridgehead atoms. The number of carboxylic acids is 2. The molecule has 2 atom stereocenters. The van der Waals surface area contributed by atoms with Gasteiger partial charge in [0.25, 0.3) is 0 Å². The van der Waals surface area contributed by atoms with Crippen molar-refractivity contribution in [1.29, 1.82) is 0 Å². The molecular weight excluding hydrogens is 378 g/mol. The largest absolute Gasteiger partial charge is 0.481 e. The number of carbonyl (C=O) groups excluding carboxylic acids is 1. The molecule has 0 saturated heterocycles. The van der Waals surface area contributed by atoms with Crippen molar-refractivity contribution in [2.24, 2.45) is 11.3 Å². The van der Waals surface area contributed by atoms with Gasteiger partial charge in [0.05, 0.1) is 5.92 Å². The summed E-state index contributed by atoms with van der Waals surface area (Å²) >= 11 is 0. The van der Waals surface area contributed by atoms with Crippen LogP contribution in [-0.4, -0.2) is 61.5 Å². The van der Waals surface area contributed by atoms with Gasteiger partial charge in [0.2, 0.25) is 0 Å². The molecule has 0 aliphatic heterocycles. The van der Waals surface area contributed by atoms with Crippen LogP contribution in [0.4, 0.5) is 4.79 Å². The number of hydrogen-bond donors (Lipinski definition) is 3. The maximum Gasteiger partial charge on any atom is 0.411 e. The average Bonchev–Trinajstić information content (AvgIpc) is 2.44. The van der Waals surface area contributed by atoms with Crippen molar-refractivity contribution in [2.45, 2.75) is 98.3 Å². The van der Waals surface area contributed by atoms with Gasteiger partial charge in [-0.2, -0.15) is 0 Å². The van der Waals surface area contributed by atoms with Crippen LogP contribution in [0.15, 0.2) is 0 Å². The van der Waals surface area contributed by atoms with Gasteiger partial charge in [0.15, 0.2) is 0 Å². The van der Waals surface area contributed by atoms with Crippen LogP contribution in [0, 0.1) is 11.3 Å². The quantitative estimate of drug-likeness (QED) is 0.549. The second kappa shape index (κ2) is 9.32. The molecule has 0 aromatic carbocycles. The second-order valence-electron chi connectivity index (χ2n) is 10.5. The smallest absolute Gasteiger partial charge is 0.411 e. The molecular formula is C21H39NO7. The summed E-state index contributed by atoms with van der Waals surface area (Å²) in [5.74, 6) is -3.50. The first-order valence-electron chi connectivity index (χ1n) is 9.91. The van der Waals surface area contributed by atoms with Gasteiger partial charge in [-0.1, -0.05) is 20.8 Å². The Balaban J connectivity index is 6.74. The lowest BCUT2D eigenvalue weighted by Crippen LogP contribution is -2.70. The highest BCUT2D eigenvalue weighted by Gasteiger charge is 2.60. The molecule has 0 aliphatic rings. The lowest BCUT2D eigenvalue weighted by atomic mass is 9.66. The first kappa shape index (κ1) is 27.2. The van der Waals surface area contributed by atoms with Crippen LogP contribution in [0.25, 0.3) is 0 Å². The maximum atomic E-state index is 13.2. The van der Waals surface area contributed by atoms with Crippen LogP contribution in [-0.2, 0) is 14.3 Å². The van der Waals surface area contributed by atoms with E-state index >= 15 is 0 Å². The van der Waals surface area contributed by atoms with Gasteiger partial charge in [-0.3, -0.25) is 9.69 Å². The van der Waals surface area contributed by atoms with Crippen molar-refractivity contribution >= 4 is 18.0 Å². The number of aliphatic hydroxyl groups is 1. The lowest BCUT2D eigenvalue weighted by molar-refractivity contribution is -0.170. The molecule has 0 radical (unpaired) electrons. The number of aliphatic carboxylic acids is 2. The summed E-state index contributed by atoms with van der Waals surface area (Å²) < 4.78 is 5.54. The monoisotopic (exact) mass is 417 g/mol. The molecule has 8 nitrogen and oxygen atoms in total. The van der Waals surface area contributed by atoms with Crippen molar-refractivity contribution in [3.63, 3.8) is 0 Å². The fraction of sp³-hybridized carbons (Fsp3) is 0.857. The molecule has 0 saturated carbocycles. The molecule has 0 heterocycles. The van der Waals surface area contributed by atoms with E-state index in [1.165, 1.54) is 4.90 Å². The van der Waals surface area contributed by atoms with E-state index in [2.05, 4.69) is 0 Å². The zero-order valence-corrected chi connectivity index (χ0v) is 19.3. The molecule has 0 aromatic rings. The molecule has 0 spiro atoms. The molecule has 0 unspecified atom stereocenters. The third-order valence-electron chi connectivity index (χ3n) is 4.82. The molecule has 170 valence electrons. The normalized spacial score (nSPS) is 15.9. The Hall–Kier alpha value is -1.83. The molecule has 8 heteroatoms. The fourth-order valence-corrected chi connectivity index (χ4v) is 3.55.